The minimum Gasteiger partial charge on any atom is -0.339 e. The summed E-state index contributed by atoms with van der Waals surface area (Å²) in [7, 11) is 2.12. The van der Waals surface area contributed by atoms with Crippen LogP contribution in [-0.4, -0.2) is 91.5 Å². The molecule has 2 heterocycles. The van der Waals surface area contributed by atoms with Crippen molar-refractivity contribution < 1.29 is 4.79 Å². The summed E-state index contributed by atoms with van der Waals surface area (Å²) < 4.78 is 0. The molecule has 0 aliphatic carbocycles. The van der Waals surface area contributed by atoms with Gasteiger partial charge in [-0.05, 0) is 23.4 Å². The van der Waals surface area contributed by atoms with E-state index in [0.717, 1.165) is 58.9 Å². The highest BCUT2D eigenvalue weighted by atomic mass is 16.2. The van der Waals surface area contributed by atoms with Crippen molar-refractivity contribution in [3.05, 3.63) is 48.0 Å². The molecule has 5 nitrogen and oxygen atoms in total. The molecule has 4 rings (SSSR count). The number of nitrogens with zero attached hydrogens (tertiary/aromatic N) is 4. The van der Waals surface area contributed by atoms with E-state index in [0.29, 0.717) is 12.5 Å². The van der Waals surface area contributed by atoms with Gasteiger partial charge in [-0.15, -0.1) is 0 Å². The molecule has 1 amide bonds. The third-order valence-electron chi connectivity index (χ3n) is 5.95. The van der Waals surface area contributed by atoms with Crippen molar-refractivity contribution in [1.29, 1.82) is 0 Å². The SMILES string of the molecule is CN1CCN(C(=O)CN2CCN(Cc3cccc4ccccc34)CC2)CC1. The highest BCUT2D eigenvalue weighted by molar-refractivity contribution is 5.85. The third kappa shape index (κ3) is 4.49. The van der Waals surface area contributed by atoms with Crippen LogP contribution in [0.4, 0.5) is 0 Å². The zero-order valence-corrected chi connectivity index (χ0v) is 16.3. The maximum absolute atomic E-state index is 12.5. The third-order valence-corrected chi connectivity index (χ3v) is 5.95. The Morgan fingerprint density at radius 2 is 1.48 bits per heavy atom. The first-order chi connectivity index (χ1) is 13.2. The molecule has 27 heavy (non-hydrogen) atoms. The number of hydrogen-bond acceptors (Lipinski definition) is 4. The standard InChI is InChI=1S/C22H30N4O/c1-23-9-15-26(16-10-23)22(27)18-25-13-11-24(12-14-25)17-20-7-4-6-19-5-2-3-8-21(19)20/h2-8H,9-18H2,1H3. The molecule has 0 bridgehead atoms. The van der Waals surface area contributed by atoms with Gasteiger partial charge < -0.3 is 9.80 Å². The predicted molar refractivity (Wildman–Crippen MR) is 110 cm³/mol. The van der Waals surface area contributed by atoms with Gasteiger partial charge in [0.2, 0.25) is 5.91 Å². The number of hydrogen-bond donors (Lipinski definition) is 0. The van der Waals surface area contributed by atoms with E-state index in [-0.39, 0.29) is 0 Å². The van der Waals surface area contributed by atoms with Gasteiger partial charge >= 0.3 is 0 Å². The summed E-state index contributed by atoms with van der Waals surface area (Å²) in [5.41, 5.74) is 1.40. The van der Waals surface area contributed by atoms with Gasteiger partial charge in [0, 0.05) is 58.9 Å². The number of piperazine rings is 2. The number of rotatable bonds is 4. The summed E-state index contributed by atoms with van der Waals surface area (Å²) in [6, 6.07) is 15.2. The van der Waals surface area contributed by atoms with Crippen molar-refractivity contribution in [2.75, 3.05) is 66.0 Å². The van der Waals surface area contributed by atoms with Crippen LogP contribution in [-0.2, 0) is 11.3 Å². The van der Waals surface area contributed by atoms with Crippen molar-refractivity contribution in [3.63, 3.8) is 0 Å². The summed E-state index contributed by atoms with van der Waals surface area (Å²) in [6.45, 7) is 9.29. The van der Waals surface area contributed by atoms with Gasteiger partial charge in [-0.3, -0.25) is 14.6 Å². The summed E-state index contributed by atoms with van der Waals surface area (Å²) >= 11 is 0. The molecule has 0 atom stereocenters. The van der Waals surface area contributed by atoms with Crippen LogP contribution in [0.5, 0.6) is 0 Å². The van der Waals surface area contributed by atoms with Gasteiger partial charge in [0.25, 0.3) is 0 Å². The Hall–Kier alpha value is -1.95. The number of amides is 1. The zero-order valence-electron chi connectivity index (χ0n) is 16.3. The Balaban J connectivity index is 1.28. The smallest absolute Gasteiger partial charge is 0.236 e. The molecule has 5 heteroatoms. The lowest BCUT2D eigenvalue weighted by Crippen LogP contribution is -2.53. The second-order valence-electron chi connectivity index (χ2n) is 7.87. The molecule has 0 N–H and O–H groups in total. The Morgan fingerprint density at radius 3 is 2.26 bits per heavy atom. The summed E-state index contributed by atoms with van der Waals surface area (Å²) in [6.07, 6.45) is 0. The number of fused-ring (bicyclic) bond motifs is 1. The van der Waals surface area contributed by atoms with Crippen molar-refractivity contribution in [2.45, 2.75) is 6.54 Å². The quantitative estimate of drug-likeness (QED) is 0.824. The van der Waals surface area contributed by atoms with Crippen LogP contribution in [0.25, 0.3) is 10.8 Å². The predicted octanol–water partition coefficient (Wildman–Crippen LogP) is 1.73. The van der Waals surface area contributed by atoms with E-state index in [1.165, 1.54) is 16.3 Å². The summed E-state index contributed by atoms with van der Waals surface area (Å²) in [5.74, 6) is 0.297. The van der Waals surface area contributed by atoms with E-state index in [1.807, 2.05) is 4.90 Å². The summed E-state index contributed by atoms with van der Waals surface area (Å²) in [4.78, 5) is 21.7. The lowest BCUT2D eigenvalue weighted by Gasteiger charge is -2.37. The topological polar surface area (TPSA) is 30.0 Å². The average molecular weight is 367 g/mol. The number of benzene rings is 2. The number of likely N-dealkylation sites (N-methyl/N-ethyl adjacent to an activating group) is 1. The second kappa shape index (κ2) is 8.38. The first kappa shape index (κ1) is 18.4. The minimum absolute atomic E-state index is 0.297. The lowest BCUT2D eigenvalue weighted by molar-refractivity contribution is -0.134. The molecular formula is C22H30N4O. The molecule has 0 spiro atoms. The van der Waals surface area contributed by atoms with Crippen LogP contribution in [0.1, 0.15) is 5.56 Å². The Labute approximate surface area is 162 Å². The molecule has 2 saturated heterocycles. The van der Waals surface area contributed by atoms with E-state index < -0.39 is 0 Å². The van der Waals surface area contributed by atoms with Crippen molar-refractivity contribution >= 4 is 16.7 Å². The van der Waals surface area contributed by atoms with Gasteiger partial charge in [0.15, 0.2) is 0 Å². The molecule has 0 radical (unpaired) electrons. The molecule has 0 aromatic heterocycles. The number of carbonyl (C=O) groups is 1. The molecule has 2 aromatic carbocycles. The zero-order chi connectivity index (χ0) is 18.6. The molecule has 144 valence electrons. The highest BCUT2D eigenvalue weighted by Gasteiger charge is 2.23. The van der Waals surface area contributed by atoms with Gasteiger partial charge in [0.05, 0.1) is 6.54 Å². The largest absolute Gasteiger partial charge is 0.339 e. The van der Waals surface area contributed by atoms with Crippen LogP contribution in [0.3, 0.4) is 0 Å². The fraction of sp³-hybridized carbons (Fsp3) is 0.500. The van der Waals surface area contributed by atoms with Crippen LogP contribution >= 0.6 is 0 Å². The Kier molecular flexibility index (Phi) is 5.72. The van der Waals surface area contributed by atoms with Gasteiger partial charge in [-0.1, -0.05) is 42.5 Å². The van der Waals surface area contributed by atoms with Crippen LogP contribution in [0, 0.1) is 0 Å². The molecule has 2 aromatic rings. The number of carbonyl (C=O) groups excluding carboxylic acids is 1. The normalized spacial score (nSPS) is 20.3. The van der Waals surface area contributed by atoms with E-state index in [2.05, 4.69) is 64.2 Å². The first-order valence-corrected chi connectivity index (χ1v) is 10.1. The fourth-order valence-corrected chi connectivity index (χ4v) is 4.12. The van der Waals surface area contributed by atoms with Crippen molar-refractivity contribution in [2.24, 2.45) is 0 Å². The highest BCUT2D eigenvalue weighted by Crippen LogP contribution is 2.20. The Bertz CT molecular complexity index is 771. The van der Waals surface area contributed by atoms with Crippen molar-refractivity contribution in [1.82, 2.24) is 19.6 Å². The minimum atomic E-state index is 0.297. The van der Waals surface area contributed by atoms with E-state index >= 15 is 0 Å². The summed E-state index contributed by atoms with van der Waals surface area (Å²) in [5, 5.41) is 2.67. The van der Waals surface area contributed by atoms with E-state index in [1.54, 1.807) is 0 Å². The molecular weight excluding hydrogens is 336 g/mol. The van der Waals surface area contributed by atoms with Gasteiger partial charge in [-0.25, -0.2) is 0 Å². The van der Waals surface area contributed by atoms with Crippen LogP contribution in [0.2, 0.25) is 0 Å². The molecule has 2 fully saturated rings. The van der Waals surface area contributed by atoms with Crippen molar-refractivity contribution in [3.8, 4) is 0 Å². The monoisotopic (exact) mass is 366 g/mol. The fourth-order valence-electron chi connectivity index (χ4n) is 4.12. The van der Waals surface area contributed by atoms with E-state index in [9.17, 15) is 4.79 Å². The Morgan fingerprint density at radius 1 is 0.815 bits per heavy atom. The average Bonchev–Trinajstić information content (AvgIpc) is 2.70. The first-order valence-electron chi connectivity index (χ1n) is 10.1. The van der Waals surface area contributed by atoms with E-state index in [4.69, 9.17) is 0 Å². The molecule has 2 aliphatic rings. The maximum atomic E-state index is 12.5. The van der Waals surface area contributed by atoms with Gasteiger partial charge in [0.1, 0.15) is 0 Å². The lowest BCUT2D eigenvalue weighted by atomic mass is 10.0. The van der Waals surface area contributed by atoms with Gasteiger partial charge in [-0.2, -0.15) is 0 Å². The van der Waals surface area contributed by atoms with Crippen LogP contribution < -0.4 is 0 Å². The van der Waals surface area contributed by atoms with Crippen LogP contribution in [0.15, 0.2) is 42.5 Å². The molecule has 0 unspecified atom stereocenters. The second-order valence-corrected chi connectivity index (χ2v) is 7.87. The molecule has 2 aliphatic heterocycles. The maximum Gasteiger partial charge on any atom is 0.236 e. The molecule has 0 saturated carbocycles.